The third-order valence-electron chi connectivity index (χ3n) is 13.9. The standard InChI is InChI=1S/C68H45NO/c1-4-16-48(17-5-1)58-39-32-51(42-63(58)50-20-8-3-9-21-50)46-28-35-55(36-29-46)69(56-37-30-47(31-38-56)52-34-41-68-65(43-52)62-26-14-15-27-67(62)70-68)66-45-54(33-40-59(66)49-18-6-2-7-19-49)64-44-53-22-10-11-23-57(53)60-24-12-13-25-61(60)64/h1-45H. The van der Waals surface area contributed by atoms with Crippen LogP contribution in [0.25, 0.3) is 110 Å². The average Bonchev–Trinajstić information content (AvgIpc) is 3.82. The Labute approximate surface area is 407 Å². The first-order valence-electron chi connectivity index (χ1n) is 24.0. The summed E-state index contributed by atoms with van der Waals surface area (Å²) >= 11 is 0. The van der Waals surface area contributed by atoms with Crippen molar-refractivity contribution in [1.29, 1.82) is 0 Å². The van der Waals surface area contributed by atoms with E-state index in [0.29, 0.717) is 0 Å². The Morgan fingerprint density at radius 3 is 1.37 bits per heavy atom. The van der Waals surface area contributed by atoms with Gasteiger partial charge < -0.3 is 9.32 Å². The fraction of sp³-hybridized carbons (Fsp3) is 0. The van der Waals surface area contributed by atoms with Crippen molar-refractivity contribution in [2.24, 2.45) is 0 Å². The van der Waals surface area contributed by atoms with Crippen molar-refractivity contribution in [2.45, 2.75) is 0 Å². The molecule has 12 aromatic carbocycles. The summed E-state index contributed by atoms with van der Waals surface area (Å²) in [5, 5.41) is 7.21. The van der Waals surface area contributed by atoms with Crippen LogP contribution in [0.5, 0.6) is 0 Å². The second-order valence-electron chi connectivity index (χ2n) is 18.0. The summed E-state index contributed by atoms with van der Waals surface area (Å²) < 4.78 is 6.21. The number of benzene rings is 12. The van der Waals surface area contributed by atoms with Crippen LogP contribution >= 0.6 is 0 Å². The van der Waals surface area contributed by atoms with E-state index in [-0.39, 0.29) is 0 Å². The van der Waals surface area contributed by atoms with Crippen LogP contribution in [0.4, 0.5) is 17.1 Å². The highest BCUT2D eigenvalue weighted by molar-refractivity contribution is 6.14. The topological polar surface area (TPSA) is 16.4 Å². The van der Waals surface area contributed by atoms with Crippen LogP contribution in [0.3, 0.4) is 0 Å². The molecule has 2 heteroatoms. The Morgan fingerprint density at radius 1 is 0.229 bits per heavy atom. The lowest BCUT2D eigenvalue weighted by Gasteiger charge is -2.29. The lowest BCUT2D eigenvalue weighted by Crippen LogP contribution is -2.11. The predicted molar refractivity (Wildman–Crippen MR) is 296 cm³/mol. The molecule has 0 fully saturated rings. The van der Waals surface area contributed by atoms with Crippen LogP contribution in [0.1, 0.15) is 0 Å². The zero-order valence-electron chi connectivity index (χ0n) is 38.3. The van der Waals surface area contributed by atoms with Crippen molar-refractivity contribution < 1.29 is 4.42 Å². The van der Waals surface area contributed by atoms with Gasteiger partial charge in [-0.1, -0.05) is 212 Å². The first-order valence-corrected chi connectivity index (χ1v) is 24.0. The molecule has 0 amide bonds. The lowest BCUT2D eigenvalue weighted by molar-refractivity contribution is 0.669. The lowest BCUT2D eigenvalue weighted by atomic mass is 9.91. The number of furan rings is 1. The van der Waals surface area contributed by atoms with E-state index >= 15 is 0 Å². The van der Waals surface area contributed by atoms with Crippen LogP contribution in [0.2, 0.25) is 0 Å². The molecule has 0 saturated carbocycles. The minimum Gasteiger partial charge on any atom is -0.456 e. The van der Waals surface area contributed by atoms with Gasteiger partial charge in [-0.2, -0.15) is 0 Å². The summed E-state index contributed by atoms with van der Waals surface area (Å²) in [5.41, 5.74) is 19.1. The maximum atomic E-state index is 6.21. The minimum atomic E-state index is 0.895. The molecule has 1 aromatic heterocycles. The Hall–Kier alpha value is -9.24. The van der Waals surface area contributed by atoms with Crippen molar-refractivity contribution in [3.05, 3.63) is 273 Å². The minimum absolute atomic E-state index is 0.895. The van der Waals surface area contributed by atoms with Crippen LogP contribution in [0, 0.1) is 0 Å². The number of hydrogen-bond donors (Lipinski definition) is 0. The smallest absolute Gasteiger partial charge is 0.135 e. The molecule has 70 heavy (non-hydrogen) atoms. The van der Waals surface area contributed by atoms with Crippen molar-refractivity contribution in [2.75, 3.05) is 4.90 Å². The normalized spacial score (nSPS) is 11.4. The molecule has 0 spiro atoms. The van der Waals surface area contributed by atoms with E-state index in [0.717, 1.165) is 72.4 Å². The monoisotopic (exact) mass is 891 g/mol. The molecule has 0 N–H and O–H groups in total. The van der Waals surface area contributed by atoms with Crippen LogP contribution in [0.15, 0.2) is 277 Å². The quantitative estimate of drug-likeness (QED) is 0.134. The number of anilines is 3. The van der Waals surface area contributed by atoms with Crippen LogP contribution < -0.4 is 4.90 Å². The third-order valence-corrected chi connectivity index (χ3v) is 13.9. The molecule has 0 aliphatic carbocycles. The number of rotatable bonds is 9. The molecular formula is C68H45NO. The van der Waals surface area contributed by atoms with E-state index < -0.39 is 0 Å². The highest BCUT2D eigenvalue weighted by atomic mass is 16.3. The van der Waals surface area contributed by atoms with Gasteiger partial charge in [0.05, 0.1) is 5.69 Å². The van der Waals surface area contributed by atoms with Crippen molar-refractivity contribution >= 4 is 60.5 Å². The SMILES string of the molecule is c1ccc(-c2ccc(-c3ccc(N(c4ccc(-c5ccc6oc7ccccc7c6c5)cc4)c4cc(-c5cc6ccccc6c6ccccc56)ccc4-c4ccccc4)cc3)cc2-c2ccccc2)cc1. The molecule has 0 bridgehead atoms. The maximum absolute atomic E-state index is 6.21. The van der Waals surface area contributed by atoms with Gasteiger partial charge in [-0.25, -0.2) is 0 Å². The number of nitrogens with zero attached hydrogens (tertiary/aromatic N) is 1. The van der Waals surface area contributed by atoms with Crippen LogP contribution in [-0.2, 0) is 0 Å². The number of para-hydroxylation sites is 1. The Balaban J connectivity index is 0.980. The second-order valence-corrected chi connectivity index (χ2v) is 18.0. The second kappa shape index (κ2) is 17.4. The molecule has 13 rings (SSSR count). The van der Waals surface area contributed by atoms with E-state index in [2.05, 4.69) is 266 Å². The molecule has 0 unspecified atom stereocenters. The largest absolute Gasteiger partial charge is 0.456 e. The summed E-state index contributed by atoms with van der Waals surface area (Å²) in [6, 6.07) is 98.9. The first-order chi connectivity index (χ1) is 34.7. The van der Waals surface area contributed by atoms with Gasteiger partial charge in [0, 0.05) is 27.7 Å². The van der Waals surface area contributed by atoms with Crippen LogP contribution in [-0.4, -0.2) is 0 Å². The molecule has 0 radical (unpaired) electrons. The summed E-state index contributed by atoms with van der Waals surface area (Å²) in [6.45, 7) is 0. The van der Waals surface area contributed by atoms with Gasteiger partial charge in [-0.3, -0.25) is 0 Å². The number of fused-ring (bicyclic) bond motifs is 6. The molecule has 0 aliphatic heterocycles. The Kier molecular flexibility index (Phi) is 10.2. The van der Waals surface area contributed by atoms with E-state index in [1.807, 2.05) is 12.1 Å². The highest BCUT2D eigenvalue weighted by Crippen LogP contribution is 2.46. The van der Waals surface area contributed by atoms with Gasteiger partial charge in [0.2, 0.25) is 0 Å². The fourth-order valence-corrected chi connectivity index (χ4v) is 10.4. The zero-order chi connectivity index (χ0) is 46.4. The molecule has 0 atom stereocenters. The van der Waals surface area contributed by atoms with Crippen molar-refractivity contribution in [3.8, 4) is 66.8 Å². The third kappa shape index (κ3) is 7.40. The van der Waals surface area contributed by atoms with Crippen molar-refractivity contribution in [3.63, 3.8) is 0 Å². The molecule has 0 aliphatic rings. The zero-order valence-corrected chi connectivity index (χ0v) is 38.3. The molecule has 2 nitrogen and oxygen atoms in total. The molecule has 328 valence electrons. The highest BCUT2D eigenvalue weighted by Gasteiger charge is 2.21. The van der Waals surface area contributed by atoms with Gasteiger partial charge in [0.1, 0.15) is 11.2 Å². The molecule has 0 saturated heterocycles. The van der Waals surface area contributed by atoms with E-state index in [1.165, 1.54) is 54.9 Å². The van der Waals surface area contributed by atoms with Gasteiger partial charge in [0.15, 0.2) is 0 Å². The molecular weight excluding hydrogens is 847 g/mol. The first kappa shape index (κ1) is 41.0. The summed E-state index contributed by atoms with van der Waals surface area (Å²) in [7, 11) is 0. The van der Waals surface area contributed by atoms with Gasteiger partial charge >= 0.3 is 0 Å². The van der Waals surface area contributed by atoms with E-state index in [1.54, 1.807) is 0 Å². The molecule has 1 heterocycles. The average molecular weight is 892 g/mol. The maximum Gasteiger partial charge on any atom is 0.135 e. The Bertz CT molecular complexity index is 4020. The fourth-order valence-electron chi connectivity index (χ4n) is 10.4. The van der Waals surface area contributed by atoms with Crippen molar-refractivity contribution in [1.82, 2.24) is 0 Å². The van der Waals surface area contributed by atoms with E-state index in [4.69, 9.17) is 4.42 Å². The van der Waals surface area contributed by atoms with Gasteiger partial charge in [0.25, 0.3) is 0 Å². The van der Waals surface area contributed by atoms with Gasteiger partial charge in [-0.15, -0.1) is 0 Å². The summed E-state index contributed by atoms with van der Waals surface area (Å²) in [4.78, 5) is 2.43. The van der Waals surface area contributed by atoms with E-state index in [9.17, 15) is 0 Å². The predicted octanol–water partition coefficient (Wildman–Crippen LogP) is 19.4. The summed E-state index contributed by atoms with van der Waals surface area (Å²) in [6.07, 6.45) is 0. The van der Waals surface area contributed by atoms with Gasteiger partial charge in [-0.05, 0) is 143 Å². The summed E-state index contributed by atoms with van der Waals surface area (Å²) in [5.74, 6) is 0. The number of hydrogen-bond acceptors (Lipinski definition) is 2. The Morgan fingerprint density at radius 2 is 0.700 bits per heavy atom. The molecule has 13 aromatic rings.